The summed E-state index contributed by atoms with van der Waals surface area (Å²) in [5.41, 5.74) is 0.978. The summed E-state index contributed by atoms with van der Waals surface area (Å²) in [6.07, 6.45) is 3.46. The van der Waals surface area contributed by atoms with Crippen LogP contribution in [0.1, 0.15) is 32.3 Å². The third-order valence-corrected chi connectivity index (χ3v) is 5.76. The van der Waals surface area contributed by atoms with Crippen molar-refractivity contribution in [3.63, 3.8) is 0 Å². The molecule has 112 valence electrons. The molecule has 0 saturated carbocycles. The van der Waals surface area contributed by atoms with Crippen LogP contribution in [0.2, 0.25) is 0 Å². The van der Waals surface area contributed by atoms with Crippen LogP contribution in [0.3, 0.4) is 0 Å². The Morgan fingerprint density at radius 1 is 1.40 bits per heavy atom. The van der Waals surface area contributed by atoms with E-state index in [1.54, 1.807) is 16.6 Å². The number of hydrogen-bond acceptors (Lipinski definition) is 4. The first-order valence-corrected chi connectivity index (χ1v) is 8.50. The number of pyridine rings is 1. The average Bonchev–Trinajstić information content (AvgIpc) is 2.39. The Hall–Kier alpha value is -0.980. The second-order valence-corrected chi connectivity index (χ2v) is 7.47. The van der Waals surface area contributed by atoms with E-state index in [2.05, 4.69) is 17.2 Å². The summed E-state index contributed by atoms with van der Waals surface area (Å²) in [6, 6.07) is 3.46. The van der Waals surface area contributed by atoms with Crippen molar-refractivity contribution in [1.82, 2.24) is 14.6 Å². The quantitative estimate of drug-likeness (QED) is 0.917. The van der Waals surface area contributed by atoms with Crippen LogP contribution in [0.15, 0.2) is 23.4 Å². The average molecular weight is 297 g/mol. The number of nitrogens with one attached hydrogen (secondary N) is 1. The first-order valence-electron chi connectivity index (χ1n) is 7.06. The molecule has 2 atom stereocenters. The molecule has 1 N–H and O–H groups in total. The summed E-state index contributed by atoms with van der Waals surface area (Å²) in [4.78, 5) is 4.13. The minimum Gasteiger partial charge on any atom is -0.316 e. The SMILES string of the molecule is CNCc1ccc(S(=O)(=O)N2CCC(C)CC2C)nc1. The van der Waals surface area contributed by atoms with Crippen LogP contribution in [0.25, 0.3) is 0 Å². The summed E-state index contributed by atoms with van der Waals surface area (Å²) < 4.78 is 26.8. The molecule has 1 saturated heterocycles. The van der Waals surface area contributed by atoms with E-state index in [0.29, 0.717) is 19.0 Å². The standard InChI is InChI=1S/C14H23N3O2S/c1-11-6-7-17(12(2)8-11)20(18,19)14-5-4-13(9-15-3)10-16-14/h4-5,10-12,15H,6-9H2,1-3H3. The Bertz CT molecular complexity index is 542. The normalized spacial score (nSPS) is 24.8. The van der Waals surface area contributed by atoms with E-state index in [4.69, 9.17) is 0 Å². The van der Waals surface area contributed by atoms with E-state index in [1.807, 2.05) is 20.0 Å². The zero-order valence-electron chi connectivity index (χ0n) is 12.3. The van der Waals surface area contributed by atoms with Gasteiger partial charge < -0.3 is 5.32 Å². The highest BCUT2D eigenvalue weighted by atomic mass is 32.2. The number of hydrogen-bond donors (Lipinski definition) is 1. The fraction of sp³-hybridized carbons (Fsp3) is 0.643. The van der Waals surface area contributed by atoms with Gasteiger partial charge in [0.15, 0.2) is 5.03 Å². The van der Waals surface area contributed by atoms with Gasteiger partial charge in [-0.2, -0.15) is 4.31 Å². The van der Waals surface area contributed by atoms with Crippen LogP contribution < -0.4 is 5.32 Å². The number of sulfonamides is 1. The third-order valence-electron chi connectivity index (χ3n) is 3.83. The lowest BCUT2D eigenvalue weighted by Gasteiger charge is -2.35. The van der Waals surface area contributed by atoms with E-state index in [-0.39, 0.29) is 11.1 Å². The Morgan fingerprint density at radius 3 is 2.70 bits per heavy atom. The third kappa shape index (κ3) is 3.19. The molecule has 20 heavy (non-hydrogen) atoms. The molecule has 5 nitrogen and oxygen atoms in total. The first-order chi connectivity index (χ1) is 9.45. The molecule has 1 fully saturated rings. The van der Waals surface area contributed by atoms with Gasteiger partial charge in [0.2, 0.25) is 0 Å². The van der Waals surface area contributed by atoms with Crippen molar-refractivity contribution in [1.29, 1.82) is 0 Å². The highest BCUT2D eigenvalue weighted by molar-refractivity contribution is 7.89. The molecule has 2 unspecified atom stereocenters. The molecular weight excluding hydrogens is 274 g/mol. The summed E-state index contributed by atoms with van der Waals surface area (Å²) in [7, 11) is -1.62. The lowest BCUT2D eigenvalue weighted by atomic mass is 9.95. The highest BCUT2D eigenvalue weighted by Crippen LogP contribution is 2.27. The molecule has 0 radical (unpaired) electrons. The zero-order valence-corrected chi connectivity index (χ0v) is 13.2. The van der Waals surface area contributed by atoms with Crippen molar-refractivity contribution >= 4 is 10.0 Å². The monoisotopic (exact) mass is 297 g/mol. The molecule has 1 aliphatic rings. The highest BCUT2D eigenvalue weighted by Gasteiger charge is 2.33. The molecule has 0 spiro atoms. The van der Waals surface area contributed by atoms with Crippen LogP contribution in [-0.4, -0.2) is 37.3 Å². The summed E-state index contributed by atoms with van der Waals surface area (Å²) in [5, 5.41) is 3.17. The van der Waals surface area contributed by atoms with E-state index in [1.165, 1.54) is 0 Å². The maximum Gasteiger partial charge on any atom is 0.260 e. The predicted octanol–water partition coefficient (Wildman–Crippen LogP) is 1.61. The Labute approximate surface area is 121 Å². The molecule has 0 amide bonds. The Kier molecular flexibility index (Phi) is 4.78. The molecule has 1 aromatic heterocycles. The topological polar surface area (TPSA) is 62.3 Å². The van der Waals surface area contributed by atoms with E-state index < -0.39 is 10.0 Å². The van der Waals surface area contributed by atoms with Crippen molar-refractivity contribution < 1.29 is 8.42 Å². The van der Waals surface area contributed by atoms with Crippen molar-refractivity contribution in [3.05, 3.63) is 23.9 Å². The van der Waals surface area contributed by atoms with Gasteiger partial charge in [0.05, 0.1) is 0 Å². The molecule has 1 aromatic rings. The summed E-state index contributed by atoms with van der Waals surface area (Å²) >= 11 is 0. The maximum absolute atomic E-state index is 12.6. The van der Waals surface area contributed by atoms with Crippen LogP contribution in [-0.2, 0) is 16.6 Å². The molecule has 0 aromatic carbocycles. The van der Waals surface area contributed by atoms with Gasteiger partial charge >= 0.3 is 0 Å². The van der Waals surface area contributed by atoms with Crippen molar-refractivity contribution in [2.75, 3.05) is 13.6 Å². The molecule has 2 rings (SSSR count). The van der Waals surface area contributed by atoms with Gasteiger partial charge in [-0.3, -0.25) is 0 Å². The number of aromatic nitrogens is 1. The van der Waals surface area contributed by atoms with Gasteiger partial charge in [-0.15, -0.1) is 0 Å². The van der Waals surface area contributed by atoms with Gasteiger partial charge in [0.1, 0.15) is 0 Å². The van der Waals surface area contributed by atoms with Crippen LogP contribution >= 0.6 is 0 Å². The van der Waals surface area contributed by atoms with E-state index >= 15 is 0 Å². The second kappa shape index (κ2) is 6.20. The maximum atomic E-state index is 12.6. The zero-order chi connectivity index (χ0) is 14.8. The molecule has 0 aliphatic carbocycles. The fourth-order valence-electron chi connectivity index (χ4n) is 2.74. The lowest BCUT2D eigenvalue weighted by Crippen LogP contribution is -2.44. The Morgan fingerprint density at radius 2 is 2.15 bits per heavy atom. The van der Waals surface area contributed by atoms with Crippen molar-refractivity contribution in [2.24, 2.45) is 5.92 Å². The predicted molar refractivity (Wildman–Crippen MR) is 78.8 cm³/mol. The van der Waals surface area contributed by atoms with E-state index in [0.717, 1.165) is 18.4 Å². The van der Waals surface area contributed by atoms with Crippen LogP contribution in [0.5, 0.6) is 0 Å². The summed E-state index contributed by atoms with van der Waals surface area (Å²) in [6.45, 7) is 5.42. The number of rotatable bonds is 4. The first kappa shape index (κ1) is 15.4. The molecular formula is C14H23N3O2S. The Balaban J connectivity index is 2.21. The van der Waals surface area contributed by atoms with Gasteiger partial charge in [0, 0.05) is 25.3 Å². The van der Waals surface area contributed by atoms with Crippen molar-refractivity contribution in [3.8, 4) is 0 Å². The van der Waals surface area contributed by atoms with Crippen LogP contribution in [0, 0.1) is 5.92 Å². The molecule has 0 bridgehead atoms. The smallest absolute Gasteiger partial charge is 0.260 e. The molecule has 1 aliphatic heterocycles. The van der Waals surface area contributed by atoms with Crippen LogP contribution in [0.4, 0.5) is 0 Å². The van der Waals surface area contributed by atoms with Gasteiger partial charge in [-0.05, 0) is 44.4 Å². The van der Waals surface area contributed by atoms with Gasteiger partial charge in [-0.1, -0.05) is 13.0 Å². The summed E-state index contributed by atoms with van der Waals surface area (Å²) in [5.74, 6) is 0.586. The molecule has 2 heterocycles. The van der Waals surface area contributed by atoms with Gasteiger partial charge in [0.25, 0.3) is 10.0 Å². The lowest BCUT2D eigenvalue weighted by molar-refractivity contribution is 0.219. The minimum atomic E-state index is -3.46. The molecule has 6 heteroatoms. The largest absolute Gasteiger partial charge is 0.316 e. The second-order valence-electron chi connectivity index (χ2n) is 5.63. The number of nitrogens with zero attached hydrogens (tertiary/aromatic N) is 2. The number of piperidine rings is 1. The fourth-order valence-corrected chi connectivity index (χ4v) is 4.31. The van der Waals surface area contributed by atoms with Crippen molar-refractivity contribution in [2.45, 2.75) is 44.3 Å². The minimum absolute atomic E-state index is 0.0440. The van der Waals surface area contributed by atoms with E-state index in [9.17, 15) is 8.42 Å². The van der Waals surface area contributed by atoms with Gasteiger partial charge in [-0.25, -0.2) is 13.4 Å².